The second-order valence-electron chi connectivity index (χ2n) is 16.1. The molecule has 2 aromatic carbocycles. The van der Waals surface area contributed by atoms with E-state index in [-0.39, 0.29) is 42.4 Å². The fourth-order valence-corrected chi connectivity index (χ4v) is 10.1. The van der Waals surface area contributed by atoms with E-state index in [9.17, 15) is 47.4 Å². The highest BCUT2D eigenvalue weighted by Gasteiger charge is 2.49. The van der Waals surface area contributed by atoms with E-state index in [0.29, 0.717) is 29.7 Å². The molecule has 19 heteroatoms. The van der Waals surface area contributed by atoms with Crippen molar-refractivity contribution in [2.45, 2.75) is 128 Å². The summed E-state index contributed by atoms with van der Waals surface area (Å²) in [6, 6.07) is 12.2. The molecule has 0 spiro atoms. The Labute approximate surface area is 374 Å². The van der Waals surface area contributed by atoms with Gasteiger partial charge in [-0.25, -0.2) is 8.42 Å². The molecule has 18 nitrogen and oxygen atoms in total. The Morgan fingerprint density at radius 1 is 0.875 bits per heavy atom. The van der Waals surface area contributed by atoms with Crippen LogP contribution in [0.2, 0.25) is 0 Å². The molecule has 354 valence electrons. The number of hydrogen-bond acceptors (Lipinski definition) is 16. The van der Waals surface area contributed by atoms with Gasteiger partial charge >= 0.3 is 23.9 Å². The number of unbranched alkanes of at least 4 members (excludes halogenated alkanes) is 2. The molecule has 1 aliphatic rings. The Kier molecular flexibility index (Phi) is 19.6. The summed E-state index contributed by atoms with van der Waals surface area (Å²) in [5.74, 6) is -6.89. The highest BCUT2D eigenvalue weighted by atomic mass is 32.2. The molecule has 2 aromatic rings. The van der Waals surface area contributed by atoms with Gasteiger partial charge < -0.3 is 49.4 Å². The standard InChI is InChI=1S/C45H63N3O15S/c1-10-12-21-45(11-2)26-64(57,58)37-20-19-34(48(8)9)24-35(37)39(43(45)55)32-16-15-17-33(23-32)47-38(54)18-13-14-22-46-44(56)42(63-31(7)53)41(62-30(6)52)40(61-29(5)51)36(60-28(4)50)25-59-27(3)49/h15-17,19-20,23-24,36,39-43,52,55H,6,10-14,18,21-22,25-26H2,1-5,7-9H3,(H,46,56)(H,47,54)/t36-,39+,40-,41+,42-,43+,45+/m1/s1. The Hall–Kier alpha value is -5.69. The zero-order chi connectivity index (χ0) is 47.9. The maximum atomic E-state index is 14.0. The lowest BCUT2D eigenvalue weighted by Crippen LogP contribution is -2.56. The van der Waals surface area contributed by atoms with E-state index in [1.165, 1.54) is 0 Å². The van der Waals surface area contributed by atoms with Gasteiger partial charge in [-0.2, -0.15) is 0 Å². The number of ether oxygens (including phenoxy) is 5. The molecule has 0 aromatic heterocycles. The fraction of sp³-hybridized carbons (Fsp3) is 0.556. The maximum Gasteiger partial charge on any atom is 0.303 e. The van der Waals surface area contributed by atoms with E-state index in [1.54, 1.807) is 30.3 Å². The molecule has 0 bridgehead atoms. The molecule has 0 saturated carbocycles. The molecule has 0 aliphatic carbocycles. The van der Waals surface area contributed by atoms with Crippen molar-refractivity contribution >= 4 is 56.9 Å². The van der Waals surface area contributed by atoms with E-state index in [4.69, 9.17) is 23.7 Å². The van der Waals surface area contributed by atoms with Crippen molar-refractivity contribution in [1.29, 1.82) is 0 Å². The number of esters is 4. The second-order valence-corrected chi connectivity index (χ2v) is 18.0. The number of sulfone groups is 1. The van der Waals surface area contributed by atoms with Gasteiger partial charge in [-0.15, -0.1) is 0 Å². The van der Waals surface area contributed by atoms with Crippen LogP contribution in [-0.4, -0.2) is 118 Å². The fourth-order valence-electron chi connectivity index (χ4n) is 7.82. The van der Waals surface area contributed by atoms with E-state index in [2.05, 4.69) is 17.2 Å². The molecule has 4 N–H and O–H groups in total. The van der Waals surface area contributed by atoms with E-state index >= 15 is 0 Å². The zero-order valence-electron chi connectivity index (χ0n) is 37.8. The molecular weight excluding hydrogens is 855 g/mol. The van der Waals surface area contributed by atoms with Crippen LogP contribution in [0, 0.1) is 5.41 Å². The summed E-state index contributed by atoms with van der Waals surface area (Å²) in [4.78, 5) is 76.9. The Morgan fingerprint density at radius 2 is 1.55 bits per heavy atom. The summed E-state index contributed by atoms with van der Waals surface area (Å²) in [6.45, 7) is 10.5. The number of anilines is 2. The summed E-state index contributed by atoms with van der Waals surface area (Å²) in [5.41, 5.74) is 1.39. The van der Waals surface area contributed by atoms with Crippen LogP contribution < -0.4 is 15.5 Å². The van der Waals surface area contributed by atoms with Gasteiger partial charge in [-0.3, -0.25) is 28.8 Å². The van der Waals surface area contributed by atoms with Crippen molar-refractivity contribution in [1.82, 2.24) is 5.32 Å². The lowest BCUT2D eigenvalue weighted by molar-refractivity contribution is -0.200. The predicted octanol–water partition coefficient (Wildman–Crippen LogP) is 4.62. The van der Waals surface area contributed by atoms with Crippen molar-refractivity contribution in [2.24, 2.45) is 5.41 Å². The Morgan fingerprint density at radius 3 is 2.12 bits per heavy atom. The van der Waals surface area contributed by atoms with Gasteiger partial charge in [-0.1, -0.05) is 38.8 Å². The first kappa shape index (κ1) is 52.7. The van der Waals surface area contributed by atoms with Crippen LogP contribution >= 0.6 is 0 Å². The van der Waals surface area contributed by atoms with Crippen molar-refractivity contribution in [2.75, 3.05) is 43.2 Å². The number of carbonyl (C=O) groups is 6. The molecule has 0 radical (unpaired) electrons. The lowest BCUT2D eigenvalue weighted by Gasteiger charge is -2.39. The van der Waals surface area contributed by atoms with Crippen LogP contribution in [0.4, 0.5) is 11.4 Å². The summed E-state index contributed by atoms with van der Waals surface area (Å²) in [7, 11) is -0.0968. The molecule has 3 rings (SSSR count). The lowest BCUT2D eigenvalue weighted by atomic mass is 9.69. The van der Waals surface area contributed by atoms with Crippen molar-refractivity contribution in [3.63, 3.8) is 0 Å². The second kappa shape index (κ2) is 23.8. The molecule has 7 atom stereocenters. The number of fused-ring (bicyclic) bond motifs is 1. The predicted molar refractivity (Wildman–Crippen MR) is 235 cm³/mol. The zero-order valence-corrected chi connectivity index (χ0v) is 38.7. The first-order valence-electron chi connectivity index (χ1n) is 21.1. The number of aliphatic hydroxyl groups excluding tert-OH is 2. The third-order valence-electron chi connectivity index (χ3n) is 10.9. The minimum Gasteiger partial charge on any atom is -0.481 e. The smallest absolute Gasteiger partial charge is 0.303 e. The van der Waals surface area contributed by atoms with Gasteiger partial charge in [0.2, 0.25) is 12.0 Å². The van der Waals surface area contributed by atoms with Crippen LogP contribution in [0.15, 0.2) is 59.9 Å². The van der Waals surface area contributed by atoms with Crippen LogP contribution in [0.25, 0.3) is 0 Å². The number of hydrogen-bond donors (Lipinski definition) is 4. The van der Waals surface area contributed by atoms with Gasteiger partial charge in [0.25, 0.3) is 11.9 Å². The SMILES string of the molecule is C=C(O)O[C@@H]([C@H](OC(C)=O)[C@@H](COC(C)=O)OC(C)=O)[C@@H](OC(C)=O)C(=O)NCCCCC(=O)Nc1cccc([C@H]2c3cc(N(C)C)ccc3S(=O)(=O)C[C@](CC)(CCCC)[C@H]2O)c1. The highest BCUT2D eigenvalue weighted by molar-refractivity contribution is 7.91. The van der Waals surface area contributed by atoms with Gasteiger partial charge in [0.1, 0.15) is 6.61 Å². The van der Waals surface area contributed by atoms with Gasteiger partial charge in [0.15, 0.2) is 28.1 Å². The normalized spacial score (nSPS) is 19.5. The number of nitrogens with zero attached hydrogens (tertiary/aromatic N) is 1. The first-order valence-corrected chi connectivity index (χ1v) is 22.8. The monoisotopic (exact) mass is 917 g/mol. The van der Waals surface area contributed by atoms with E-state index in [0.717, 1.165) is 46.2 Å². The average molecular weight is 918 g/mol. The van der Waals surface area contributed by atoms with Crippen molar-refractivity contribution < 1.29 is 71.1 Å². The van der Waals surface area contributed by atoms with Crippen molar-refractivity contribution in [3.8, 4) is 0 Å². The number of aliphatic hydroxyl groups is 2. The van der Waals surface area contributed by atoms with E-state index < -0.39 is 94.0 Å². The highest BCUT2D eigenvalue weighted by Crippen LogP contribution is 2.49. The number of benzene rings is 2. The largest absolute Gasteiger partial charge is 0.481 e. The van der Waals surface area contributed by atoms with Gasteiger partial charge in [-0.05, 0) is 73.7 Å². The third kappa shape index (κ3) is 14.7. The van der Waals surface area contributed by atoms with Crippen LogP contribution in [0.1, 0.15) is 104 Å². The quantitative estimate of drug-likeness (QED) is 0.0514. The summed E-state index contributed by atoms with van der Waals surface area (Å²) < 4.78 is 54.2. The molecular formula is C45H63N3O15S. The minimum atomic E-state index is -3.80. The number of rotatable bonds is 23. The van der Waals surface area contributed by atoms with Gasteiger partial charge in [0.05, 0.1) is 16.8 Å². The minimum absolute atomic E-state index is 0.00751. The van der Waals surface area contributed by atoms with Crippen LogP contribution in [-0.2, 0) is 62.3 Å². The molecule has 64 heavy (non-hydrogen) atoms. The number of carbonyl (C=O) groups excluding carboxylic acids is 6. The maximum absolute atomic E-state index is 14.0. The average Bonchev–Trinajstić information content (AvgIpc) is 3.27. The topological polar surface area (TPSA) is 250 Å². The molecule has 1 aliphatic heterocycles. The summed E-state index contributed by atoms with van der Waals surface area (Å²) >= 11 is 0. The molecule has 0 fully saturated rings. The molecule has 0 saturated heterocycles. The number of nitrogens with one attached hydrogen (secondary N) is 2. The summed E-state index contributed by atoms with van der Waals surface area (Å²) in [6.07, 6.45) is -5.25. The Bertz CT molecular complexity index is 2110. The Balaban J connectivity index is 1.81. The van der Waals surface area contributed by atoms with Crippen LogP contribution in [0.5, 0.6) is 0 Å². The molecule has 1 heterocycles. The summed E-state index contributed by atoms with van der Waals surface area (Å²) in [5, 5.41) is 27.8. The third-order valence-corrected chi connectivity index (χ3v) is 12.9. The molecule has 2 amide bonds. The first-order chi connectivity index (χ1) is 30.0. The van der Waals surface area contributed by atoms with Gasteiger partial charge in [0, 0.05) is 77.5 Å². The number of amides is 2. The van der Waals surface area contributed by atoms with E-state index in [1.807, 2.05) is 45.0 Å². The van der Waals surface area contributed by atoms with Crippen LogP contribution in [0.3, 0.4) is 0 Å². The molecule has 0 unspecified atom stereocenters. The van der Waals surface area contributed by atoms with Crippen molar-refractivity contribution in [3.05, 3.63) is 66.1 Å².